The SMILES string of the molecule is CC(C)C(N)C(=O)NC(CO)C(=O)NC(C(=O)NC(CC(=O)O)C(=O)O)C(C)O. The number of aliphatic hydroxyl groups excluding tert-OH is 2. The molecule has 0 aliphatic rings. The molecule has 0 saturated heterocycles. The van der Waals surface area contributed by atoms with Gasteiger partial charge in [0.25, 0.3) is 0 Å². The van der Waals surface area contributed by atoms with E-state index in [1.807, 2.05) is 5.32 Å². The molecule has 5 atom stereocenters. The summed E-state index contributed by atoms with van der Waals surface area (Å²) in [7, 11) is 0. The number of amides is 3. The zero-order chi connectivity index (χ0) is 22.9. The molecule has 0 aromatic carbocycles. The van der Waals surface area contributed by atoms with Crippen LogP contribution in [0.2, 0.25) is 0 Å². The van der Waals surface area contributed by atoms with Crippen LogP contribution in [0.4, 0.5) is 0 Å². The van der Waals surface area contributed by atoms with Crippen LogP contribution in [0.1, 0.15) is 27.2 Å². The summed E-state index contributed by atoms with van der Waals surface area (Å²) < 4.78 is 0. The normalized spacial score (nSPS) is 16.1. The van der Waals surface area contributed by atoms with E-state index in [0.29, 0.717) is 0 Å². The van der Waals surface area contributed by atoms with Gasteiger partial charge in [-0.1, -0.05) is 13.8 Å². The highest BCUT2D eigenvalue weighted by molar-refractivity contribution is 5.95. The zero-order valence-corrected chi connectivity index (χ0v) is 16.3. The maximum absolute atomic E-state index is 12.3. The minimum Gasteiger partial charge on any atom is -0.481 e. The second-order valence-electron chi connectivity index (χ2n) is 6.74. The zero-order valence-electron chi connectivity index (χ0n) is 16.3. The monoisotopic (exact) mass is 420 g/mol. The average molecular weight is 420 g/mol. The molecule has 0 bridgehead atoms. The summed E-state index contributed by atoms with van der Waals surface area (Å²) in [4.78, 5) is 58.2. The number of aliphatic carboxylic acids is 2. The first-order valence-electron chi connectivity index (χ1n) is 8.72. The largest absolute Gasteiger partial charge is 0.481 e. The molecule has 0 aliphatic carbocycles. The minimum atomic E-state index is -1.80. The molecule has 3 amide bonds. The van der Waals surface area contributed by atoms with Gasteiger partial charge in [-0.25, -0.2) is 4.79 Å². The predicted molar refractivity (Wildman–Crippen MR) is 97.3 cm³/mol. The molecule has 0 saturated carbocycles. The Morgan fingerprint density at radius 3 is 1.76 bits per heavy atom. The van der Waals surface area contributed by atoms with E-state index in [9.17, 15) is 34.2 Å². The van der Waals surface area contributed by atoms with Crippen molar-refractivity contribution in [3.63, 3.8) is 0 Å². The van der Waals surface area contributed by atoms with Crippen LogP contribution in [0.5, 0.6) is 0 Å². The van der Waals surface area contributed by atoms with E-state index in [-0.39, 0.29) is 5.92 Å². The van der Waals surface area contributed by atoms with E-state index in [2.05, 4.69) is 10.6 Å². The first-order valence-corrected chi connectivity index (χ1v) is 8.72. The van der Waals surface area contributed by atoms with Crippen molar-refractivity contribution in [3.8, 4) is 0 Å². The maximum Gasteiger partial charge on any atom is 0.326 e. The summed E-state index contributed by atoms with van der Waals surface area (Å²) in [5, 5.41) is 43.0. The second-order valence-corrected chi connectivity index (χ2v) is 6.74. The van der Waals surface area contributed by atoms with E-state index in [1.165, 1.54) is 0 Å². The highest BCUT2D eigenvalue weighted by Gasteiger charge is 2.33. The Labute approximate surface area is 166 Å². The fourth-order valence-corrected chi connectivity index (χ4v) is 2.06. The molecule has 0 fully saturated rings. The van der Waals surface area contributed by atoms with E-state index in [1.54, 1.807) is 13.8 Å². The van der Waals surface area contributed by atoms with E-state index in [4.69, 9.17) is 15.9 Å². The van der Waals surface area contributed by atoms with Gasteiger partial charge in [-0.3, -0.25) is 19.2 Å². The van der Waals surface area contributed by atoms with Gasteiger partial charge in [0.1, 0.15) is 18.1 Å². The smallest absolute Gasteiger partial charge is 0.326 e. The third-order valence-electron chi connectivity index (χ3n) is 3.89. The summed E-state index contributed by atoms with van der Waals surface area (Å²) in [5.74, 6) is -6.29. The van der Waals surface area contributed by atoms with E-state index in [0.717, 1.165) is 6.92 Å². The van der Waals surface area contributed by atoms with Gasteiger partial charge in [0.05, 0.1) is 25.2 Å². The fraction of sp³-hybridized carbons (Fsp3) is 0.688. The van der Waals surface area contributed by atoms with Gasteiger partial charge in [-0.15, -0.1) is 0 Å². The van der Waals surface area contributed by atoms with Gasteiger partial charge < -0.3 is 42.1 Å². The van der Waals surface area contributed by atoms with Crippen molar-refractivity contribution in [2.75, 3.05) is 6.61 Å². The number of hydrogen-bond acceptors (Lipinski definition) is 8. The Hall–Kier alpha value is -2.77. The molecule has 29 heavy (non-hydrogen) atoms. The Balaban J connectivity index is 5.22. The van der Waals surface area contributed by atoms with Crippen LogP contribution < -0.4 is 21.7 Å². The molecule has 13 heteroatoms. The summed E-state index contributed by atoms with van der Waals surface area (Å²) in [6, 6.07) is -5.92. The van der Waals surface area contributed by atoms with Crippen molar-refractivity contribution in [1.82, 2.24) is 16.0 Å². The molecule has 13 nitrogen and oxygen atoms in total. The summed E-state index contributed by atoms with van der Waals surface area (Å²) in [5.41, 5.74) is 5.65. The first-order chi connectivity index (χ1) is 13.3. The highest BCUT2D eigenvalue weighted by Crippen LogP contribution is 2.01. The van der Waals surface area contributed by atoms with Gasteiger partial charge >= 0.3 is 11.9 Å². The summed E-state index contributed by atoms with van der Waals surface area (Å²) in [6.45, 7) is 3.62. The number of nitrogens with one attached hydrogen (secondary N) is 3. The van der Waals surface area contributed by atoms with Crippen molar-refractivity contribution in [3.05, 3.63) is 0 Å². The van der Waals surface area contributed by atoms with E-state index >= 15 is 0 Å². The van der Waals surface area contributed by atoms with Crippen LogP contribution in [-0.4, -0.2) is 87.0 Å². The standard InChI is InChI=1S/C16H28N4O9/c1-6(2)11(17)14(26)19-9(5-21)13(25)20-12(7(3)22)15(27)18-8(16(28)29)4-10(23)24/h6-9,11-12,21-22H,4-5,17H2,1-3H3,(H,18,27)(H,19,26)(H,20,25)(H,23,24)(H,28,29). The number of carboxylic acid groups (broad SMARTS) is 2. The number of carboxylic acids is 2. The molecule has 0 aliphatic heterocycles. The molecule has 0 rings (SSSR count). The average Bonchev–Trinajstić information content (AvgIpc) is 2.61. The van der Waals surface area contributed by atoms with Crippen molar-refractivity contribution >= 4 is 29.7 Å². The number of hydrogen-bond donors (Lipinski definition) is 8. The van der Waals surface area contributed by atoms with Crippen molar-refractivity contribution in [1.29, 1.82) is 0 Å². The molecule has 5 unspecified atom stereocenters. The minimum absolute atomic E-state index is 0.254. The lowest BCUT2D eigenvalue weighted by atomic mass is 10.0. The third kappa shape index (κ3) is 8.85. The topological polar surface area (TPSA) is 228 Å². The van der Waals surface area contributed by atoms with Crippen LogP contribution in [0, 0.1) is 5.92 Å². The highest BCUT2D eigenvalue weighted by atomic mass is 16.4. The van der Waals surface area contributed by atoms with Gasteiger partial charge in [0.2, 0.25) is 17.7 Å². The summed E-state index contributed by atoms with van der Waals surface area (Å²) in [6.07, 6.45) is -2.43. The van der Waals surface area contributed by atoms with E-state index < -0.39 is 73.0 Å². The Morgan fingerprint density at radius 1 is 0.862 bits per heavy atom. The van der Waals surface area contributed by atoms with Crippen molar-refractivity contribution in [2.24, 2.45) is 11.7 Å². The fourth-order valence-electron chi connectivity index (χ4n) is 2.06. The van der Waals surface area contributed by atoms with Crippen LogP contribution in [0.15, 0.2) is 0 Å². The Bertz CT molecular complexity index is 624. The number of carbonyl (C=O) groups excluding carboxylic acids is 3. The van der Waals surface area contributed by atoms with Crippen LogP contribution >= 0.6 is 0 Å². The number of carbonyl (C=O) groups is 5. The van der Waals surface area contributed by atoms with Gasteiger partial charge in [0, 0.05) is 0 Å². The van der Waals surface area contributed by atoms with Crippen LogP contribution in [-0.2, 0) is 24.0 Å². The van der Waals surface area contributed by atoms with Gasteiger partial charge in [0.15, 0.2) is 0 Å². The van der Waals surface area contributed by atoms with Gasteiger partial charge in [-0.05, 0) is 12.8 Å². The lowest BCUT2D eigenvalue weighted by Gasteiger charge is -2.26. The Morgan fingerprint density at radius 2 is 1.38 bits per heavy atom. The van der Waals surface area contributed by atoms with Crippen molar-refractivity contribution < 1.29 is 44.4 Å². The molecule has 0 radical (unpaired) electrons. The predicted octanol–water partition coefficient (Wildman–Crippen LogP) is -3.64. The molecule has 0 heterocycles. The quantitative estimate of drug-likeness (QED) is 0.154. The first kappa shape index (κ1) is 26.2. The number of nitrogens with two attached hydrogens (primary N) is 1. The lowest BCUT2D eigenvalue weighted by molar-refractivity contribution is -0.148. The van der Waals surface area contributed by atoms with Crippen molar-refractivity contribution in [2.45, 2.75) is 57.5 Å². The molecular weight excluding hydrogens is 392 g/mol. The molecular formula is C16H28N4O9. The maximum atomic E-state index is 12.3. The van der Waals surface area contributed by atoms with Gasteiger partial charge in [-0.2, -0.15) is 0 Å². The Kier molecular flexibility index (Phi) is 10.8. The second kappa shape index (κ2) is 11.9. The number of rotatable bonds is 12. The molecule has 0 aromatic rings. The van der Waals surface area contributed by atoms with Crippen LogP contribution in [0.3, 0.4) is 0 Å². The lowest BCUT2D eigenvalue weighted by Crippen LogP contribution is -2.60. The van der Waals surface area contributed by atoms with Crippen LogP contribution in [0.25, 0.3) is 0 Å². The molecule has 0 aromatic heterocycles. The molecule has 166 valence electrons. The molecule has 9 N–H and O–H groups in total. The number of aliphatic hydroxyl groups is 2. The summed E-state index contributed by atoms with van der Waals surface area (Å²) >= 11 is 0. The molecule has 0 spiro atoms. The third-order valence-corrected chi connectivity index (χ3v) is 3.89.